The first-order valence-corrected chi connectivity index (χ1v) is 12.4. The summed E-state index contributed by atoms with van der Waals surface area (Å²) in [5.74, 6) is -0.541. The monoisotopic (exact) mass is 571 g/mol. The van der Waals surface area contributed by atoms with Crippen molar-refractivity contribution in [2.24, 2.45) is 0 Å². The Morgan fingerprint density at radius 3 is 2.58 bits per heavy atom. The third-order valence-electron chi connectivity index (χ3n) is 4.86. The Kier molecular flexibility index (Phi) is 5.94. The van der Waals surface area contributed by atoms with Crippen molar-refractivity contribution in [1.82, 2.24) is 20.3 Å². The van der Waals surface area contributed by atoms with E-state index >= 15 is 0 Å². The smallest absolute Gasteiger partial charge is 0.271 e. The van der Waals surface area contributed by atoms with Gasteiger partial charge in [0.15, 0.2) is 0 Å². The molecule has 1 amide bonds. The van der Waals surface area contributed by atoms with Gasteiger partial charge in [-0.3, -0.25) is 4.79 Å². The summed E-state index contributed by atoms with van der Waals surface area (Å²) < 4.78 is 28.2. The highest BCUT2D eigenvalue weighted by atomic mass is 127. The second kappa shape index (κ2) is 8.57. The number of H-pyrrole nitrogens is 1. The molecule has 0 atom stereocenters. The fraction of sp³-hybridized carbons (Fsp3) is 0.130. The van der Waals surface area contributed by atoms with Crippen LogP contribution in [0.25, 0.3) is 22.3 Å². The average Bonchev–Trinajstić information content (AvgIpc) is 3.18. The third-order valence-corrected chi connectivity index (χ3v) is 7.31. The molecule has 0 saturated heterocycles. The SMILES string of the molecule is CC(C)(C#N)NC(=O)c1cccc(-c2cnc3[nH]c(I)cc3c2S(=O)(=O)c2ccccc2)n1. The van der Waals surface area contributed by atoms with Crippen molar-refractivity contribution >= 4 is 49.4 Å². The molecule has 33 heavy (non-hydrogen) atoms. The van der Waals surface area contributed by atoms with E-state index in [9.17, 15) is 18.5 Å². The standard InChI is InChI=1S/C23H18IN5O3S/c1-23(2,13-25)29-22(30)18-10-6-9-17(27-18)16-12-26-21-15(11-19(24)28-21)20(16)33(31,32)14-7-4-3-5-8-14/h3-12H,1-2H3,(H,26,28)(H,29,30). The van der Waals surface area contributed by atoms with Crippen molar-refractivity contribution in [2.45, 2.75) is 29.2 Å². The lowest BCUT2D eigenvalue weighted by Gasteiger charge is -2.17. The number of nitrogens with zero attached hydrogens (tertiary/aromatic N) is 3. The van der Waals surface area contributed by atoms with Crippen LogP contribution >= 0.6 is 22.6 Å². The van der Waals surface area contributed by atoms with Gasteiger partial charge in [0.1, 0.15) is 16.9 Å². The molecule has 0 aliphatic carbocycles. The molecule has 10 heteroatoms. The number of carbonyl (C=O) groups excluding carboxylic acids is 1. The van der Waals surface area contributed by atoms with Gasteiger partial charge in [-0.05, 0) is 66.8 Å². The minimum atomic E-state index is -3.94. The van der Waals surface area contributed by atoms with E-state index in [0.717, 1.165) is 3.70 Å². The summed E-state index contributed by atoms with van der Waals surface area (Å²) in [6.07, 6.45) is 1.44. The number of halogens is 1. The Morgan fingerprint density at radius 2 is 1.88 bits per heavy atom. The molecule has 0 aliphatic rings. The average molecular weight is 571 g/mol. The van der Waals surface area contributed by atoms with Crippen LogP contribution in [0.3, 0.4) is 0 Å². The van der Waals surface area contributed by atoms with E-state index in [0.29, 0.717) is 11.0 Å². The van der Waals surface area contributed by atoms with Crippen molar-refractivity contribution in [3.63, 3.8) is 0 Å². The van der Waals surface area contributed by atoms with Crippen LogP contribution in [0.5, 0.6) is 0 Å². The van der Waals surface area contributed by atoms with Crippen molar-refractivity contribution in [3.05, 3.63) is 70.2 Å². The highest BCUT2D eigenvalue weighted by molar-refractivity contribution is 14.1. The van der Waals surface area contributed by atoms with E-state index in [2.05, 4.69) is 42.9 Å². The van der Waals surface area contributed by atoms with E-state index in [4.69, 9.17) is 0 Å². The topological polar surface area (TPSA) is 129 Å². The first-order valence-electron chi connectivity index (χ1n) is 9.81. The molecule has 1 aromatic carbocycles. The molecular weight excluding hydrogens is 553 g/mol. The van der Waals surface area contributed by atoms with E-state index in [-0.39, 0.29) is 26.7 Å². The third kappa shape index (κ3) is 4.46. The molecule has 0 aliphatic heterocycles. The molecular formula is C23H18IN5O3S. The number of aromatic nitrogens is 3. The molecule has 4 aromatic rings. The molecule has 0 unspecified atom stereocenters. The minimum absolute atomic E-state index is 0.0558. The van der Waals surface area contributed by atoms with Crippen LogP contribution in [0.1, 0.15) is 24.3 Å². The quantitative estimate of drug-likeness (QED) is 0.348. The zero-order chi connectivity index (χ0) is 23.8. The van der Waals surface area contributed by atoms with E-state index < -0.39 is 21.3 Å². The number of carbonyl (C=O) groups is 1. The van der Waals surface area contributed by atoms with Gasteiger partial charge in [0.05, 0.1) is 25.3 Å². The summed E-state index contributed by atoms with van der Waals surface area (Å²) in [7, 11) is -3.94. The van der Waals surface area contributed by atoms with Gasteiger partial charge < -0.3 is 10.3 Å². The molecule has 0 fully saturated rings. The first-order chi connectivity index (χ1) is 15.6. The lowest BCUT2D eigenvalue weighted by Crippen LogP contribution is -2.42. The Bertz CT molecular complexity index is 1520. The summed E-state index contributed by atoms with van der Waals surface area (Å²) >= 11 is 2.06. The van der Waals surface area contributed by atoms with Crippen LogP contribution in [0.15, 0.2) is 70.6 Å². The summed E-state index contributed by atoms with van der Waals surface area (Å²) in [6, 6.07) is 16.6. The zero-order valence-electron chi connectivity index (χ0n) is 17.6. The Morgan fingerprint density at radius 1 is 1.15 bits per heavy atom. The molecule has 4 rings (SSSR count). The zero-order valence-corrected chi connectivity index (χ0v) is 20.6. The lowest BCUT2D eigenvalue weighted by molar-refractivity contribution is 0.0924. The predicted molar refractivity (Wildman–Crippen MR) is 131 cm³/mol. The number of sulfone groups is 1. The van der Waals surface area contributed by atoms with Gasteiger partial charge in [-0.1, -0.05) is 24.3 Å². The Balaban J connectivity index is 1.92. The number of fused-ring (bicyclic) bond motifs is 1. The normalized spacial score (nSPS) is 11.8. The number of hydrogen-bond donors (Lipinski definition) is 2. The van der Waals surface area contributed by atoms with Crippen molar-refractivity contribution in [3.8, 4) is 17.3 Å². The summed E-state index contributed by atoms with van der Waals surface area (Å²) in [6.45, 7) is 3.15. The van der Waals surface area contributed by atoms with Gasteiger partial charge in [0, 0.05) is 17.1 Å². The predicted octanol–water partition coefficient (Wildman–Crippen LogP) is 4.09. The van der Waals surface area contributed by atoms with Crippen LogP contribution in [-0.2, 0) is 9.84 Å². The molecule has 3 heterocycles. The molecule has 2 N–H and O–H groups in total. The number of benzene rings is 1. The largest absolute Gasteiger partial charge is 0.335 e. The van der Waals surface area contributed by atoms with Gasteiger partial charge >= 0.3 is 0 Å². The van der Waals surface area contributed by atoms with Crippen molar-refractivity contribution < 1.29 is 13.2 Å². The Labute approximate surface area is 204 Å². The maximum absolute atomic E-state index is 13.7. The molecule has 0 spiro atoms. The van der Waals surface area contributed by atoms with Gasteiger partial charge in [-0.15, -0.1) is 0 Å². The summed E-state index contributed by atoms with van der Waals surface area (Å²) in [5, 5.41) is 12.2. The fourth-order valence-corrected chi connectivity index (χ4v) is 5.51. The van der Waals surface area contributed by atoms with Crippen LogP contribution in [0.2, 0.25) is 0 Å². The number of hydrogen-bond acceptors (Lipinski definition) is 6. The molecule has 0 saturated carbocycles. The Hall–Kier alpha value is -3.30. The van der Waals surface area contributed by atoms with Crippen LogP contribution in [-0.4, -0.2) is 34.8 Å². The van der Waals surface area contributed by atoms with Crippen molar-refractivity contribution in [1.29, 1.82) is 5.26 Å². The van der Waals surface area contributed by atoms with Crippen LogP contribution in [0.4, 0.5) is 0 Å². The maximum atomic E-state index is 13.7. The number of nitriles is 1. The number of aromatic amines is 1. The highest BCUT2D eigenvalue weighted by Gasteiger charge is 2.28. The second-order valence-corrected chi connectivity index (χ2v) is 10.8. The molecule has 3 aromatic heterocycles. The first kappa shape index (κ1) is 22.9. The van der Waals surface area contributed by atoms with E-state index in [1.807, 2.05) is 6.07 Å². The lowest BCUT2D eigenvalue weighted by atomic mass is 10.1. The number of amides is 1. The second-order valence-electron chi connectivity index (χ2n) is 7.80. The molecule has 166 valence electrons. The number of rotatable bonds is 5. The fourth-order valence-electron chi connectivity index (χ4n) is 3.30. The molecule has 0 radical (unpaired) electrons. The molecule has 8 nitrogen and oxygen atoms in total. The highest BCUT2D eigenvalue weighted by Crippen LogP contribution is 2.36. The van der Waals surface area contributed by atoms with Crippen molar-refractivity contribution in [2.75, 3.05) is 0 Å². The number of nitrogens with one attached hydrogen (secondary N) is 2. The van der Waals surface area contributed by atoms with Crippen LogP contribution in [0, 0.1) is 15.0 Å². The van der Waals surface area contributed by atoms with Gasteiger partial charge in [-0.2, -0.15) is 5.26 Å². The maximum Gasteiger partial charge on any atom is 0.271 e. The van der Waals surface area contributed by atoms with Gasteiger partial charge in [0.25, 0.3) is 5.91 Å². The van der Waals surface area contributed by atoms with Crippen LogP contribution < -0.4 is 5.32 Å². The van der Waals surface area contributed by atoms with Gasteiger partial charge in [-0.25, -0.2) is 18.4 Å². The number of pyridine rings is 2. The summed E-state index contributed by atoms with van der Waals surface area (Å²) in [5.41, 5.74) is -0.0443. The minimum Gasteiger partial charge on any atom is -0.335 e. The summed E-state index contributed by atoms with van der Waals surface area (Å²) in [4.78, 5) is 24.7. The van der Waals surface area contributed by atoms with Gasteiger partial charge in [0.2, 0.25) is 9.84 Å². The van der Waals surface area contributed by atoms with E-state index in [1.165, 1.54) is 24.4 Å². The van der Waals surface area contributed by atoms with E-state index in [1.54, 1.807) is 50.2 Å². The molecule has 0 bridgehead atoms.